The standard InChI is InChI=1S/C3H7O.3CH4.CH3.W.Y/c1-3-4-2;;;;;;/h1,3H2,2H3;3*1H4;1H3;;/q-1;;;;-1;;. The summed E-state index contributed by atoms with van der Waals surface area (Å²) in [5, 5.41) is 0. The van der Waals surface area contributed by atoms with Gasteiger partial charge in [-0.1, -0.05) is 28.9 Å². The predicted octanol–water partition coefficient (Wildman–Crippen LogP) is 2.82. The number of methoxy groups -OCH3 is 1. The fourth-order valence-electron chi connectivity index (χ4n) is 0. The van der Waals surface area contributed by atoms with Crippen LogP contribution >= 0.6 is 0 Å². The van der Waals surface area contributed by atoms with E-state index < -0.39 is 0 Å². The SMILES string of the molecule is C.C.C.[CH2-]COC.[CH3-].[W].[Y]. The Labute approximate surface area is 108 Å². The minimum atomic E-state index is 0. The van der Waals surface area contributed by atoms with Gasteiger partial charge in [-0.05, 0) is 0 Å². The van der Waals surface area contributed by atoms with E-state index in [0.29, 0.717) is 6.61 Å². The third-order valence-corrected chi connectivity index (χ3v) is 0.204. The normalized spacial score (nSPS) is 3.00. The Hall–Kier alpha value is 1.75. The Morgan fingerprint density at radius 2 is 1.30 bits per heavy atom. The Kier molecular flexibility index (Phi) is 437. The van der Waals surface area contributed by atoms with Crippen LogP contribution in [0.4, 0.5) is 0 Å². The molecule has 0 spiro atoms. The van der Waals surface area contributed by atoms with Crippen LogP contribution in [0.15, 0.2) is 0 Å². The van der Waals surface area contributed by atoms with Crippen LogP contribution in [0.25, 0.3) is 0 Å². The van der Waals surface area contributed by atoms with E-state index in [9.17, 15) is 0 Å². The molecule has 0 aliphatic carbocycles. The Bertz CT molecular complexity index is 15.6. The molecule has 0 aliphatic rings. The molecule has 1 radical (unpaired) electrons. The molecule has 0 bridgehead atoms. The van der Waals surface area contributed by atoms with E-state index in [0.717, 1.165) is 0 Å². The smallest absolute Gasteiger partial charge is 0.0319 e. The van der Waals surface area contributed by atoms with Gasteiger partial charge in [-0.2, -0.15) is 0 Å². The van der Waals surface area contributed by atoms with E-state index in [1.165, 1.54) is 0 Å². The summed E-state index contributed by atoms with van der Waals surface area (Å²) in [6.45, 7) is 3.95. The maximum absolute atomic E-state index is 4.43. The van der Waals surface area contributed by atoms with Crippen molar-refractivity contribution in [2.45, 2.75) is 22.3 Å². The first-order valence-electron chi connectivity index (χ1n) is 1.20. The van der Waals surface area contributed by atoms with Crippen molar-refractivity contribution in [3.8, 4) is 0 Å². The monoisotopic (exact) mass is 395 g/mol. The first kappa shape index (κ1) is 60.2. The zero-order valence-electron chi connectivity index (χ0n) is 4.81. The molecule has 0 unspecified atom stereocenters. The minimum absolute atomic E-state index is 0. The fourth-order valence-corrected chi connectivity index (χ4v) is 0. The second kappa shape index (κ2) is 72.6. The molecule has 0 aromatic carbocycles. The molecule has 0 aliphatic heterocycles. The van der Waals surface area contributed by atoms with Crippen molar-refractivity contribution in [2.24, 2.45) is 0 Å². The van der Waals surface area contributed by atoms with Gasteiger partial charge in [-0.15, -0.1) is 0 Å². The summed E-state index contributed by atoms with van der Waals surface area (Å²) in [5.41, 5.74) is 0. The van der Waals surface area contributed by atoms with Crippen molar-refractivity contribution in [3.63, 3.8) is 0 Å². The molecule has 3 heteroatoms. The van der Waals surface area contributed by atoms with Crippen molar-refractivity contribution in [2.75, 3.05) is 13.7 Å². The van der Waals surface area contributed by atoms with Crippen LogP contribution < -0.4 is 0 Å². The summed E-state index contributed by atoms with van der Waals surface area (Å²) in [6.07, 6.45) is 0. The second-order valence-corrected chi connectivity index (χ2v) is 0.493. The van der Waals surface area contributed by atoms with Crippen LogP contribution in [-0.4, -0.2) is 13.7 Å². The number of hydrogen-bond acceptors (Lipinski definition) is 1. The van der Waals surface area contributed by atoms with Crippen molar-refractivity contribution < 1.29 is 58.5 Å². The molecular formula is C7H22OWY-2. The van der Waals surface area contributed by atoms with Gasteiger partial charge < -0.3 is 19.1 Å². The molecule has 0 aromatic rings. The molecule has 0 atom stereocenters. The van der Waals surface area contributed by atoms with E-state index in [-0.39, 0.29) is 83.5 Å². The third-order valence-electron chi connectivity index (χ3n) is 0.204. The number of hydrogen-bond donors (Lipinski definition) is 0. The number of ether oxygens (including phenoxy) is 1. The molecule has 0 N–H and O–H groups in total. The van der Waals surface area contributed by atoms with Gasteiger partial charge in [0.25, 0.3) is 0 Å². The molecule has 67 valence electrons. The molecule has 10 heavy (non-hydrogen) atoms. The first-order chi connectivity index (χ1) is 1.91. The summed E-state index contributed by atoms with van der Waals surface area (Å²) < 4.78 is 4.43. The Morgan fingerprint density at radius 1 is 1.20 bits per heavy atom. The van der Waals surface area contributed by atoms with Crippen LogP contribution in [-0.2, 0) is 58.5 Å². The molecule has 0 saturated carbocycles. The van der Waals surface area contributed by atoms with Gasteiger partial charge in [0, 0.05) is 60.9 Å². The maximum Gasteiger partial charge on any atom is 0.0319 e. The average molecular weight is 395 g/mol. The zero-order valence-corrected chi connectivity index (χ0v) is 10.6. The van der Waals surface area contributed by atoms with E-state index in [2.05, 4.69) is 11.7 Å². The predicted molar refractivity (Wildman–Crippen MR) is 43.8 cm³/mol. The van der Waals surface area contributed by atoms with Gasteiger partial charge in [0.1, 0.15) is 0 Å². The van der Waals surface area contributed by atoms with E-state index in [4.69, 9.17) is 0 Å². The molecule has 1 nitrogen and oxygen atoms in total. The van der Waals surface area contributed by atoms with Gasteiger partial charge >= 0.3 is 0 Å². The molecule has 0 heterocycles. The van der Waals surface area contributed by atoms with E-state index in [1.54, 1.807) is 7.11 Å². The van der Waals surface area contributed by atoms with Crippen LogP contribution in [0, 0.1) is 14.4 Å². The van der Waals surface area contributed by atoms with Gasteiger partial charge in [0.2, 0.25) is 0 Å². The molecule has 0 amide bonds. The van der Waals surface area contributed by atoms with Crippen LogP contribution in [0.3, 0.4) is 0 Å². The van der Waals surface area contributed by atoms with Gasteiger partial charge in [-0.25, -0.2) is 0 Å². The topological polar surface area (TPSA) is 9.23 Å². The minimum Gasteiger partial charge on any atom is -0.417 e. The van der Waals surface area contributed by atoms with Crippen molar-refractivity contribution in [3.05, 3.63) is 14.4 Å². The summed E-state index contributed by atoms with van der Waals surface area (Å²) >= 11 is 0. The van der Waals surface area contributed by atoms with Crippen molar-refractivity contribution >= 4 is 0 Å². The summed E-state index contributed by atoms with van der Waals surface area (Å²) in [7, 11) is 1.62. The quantitative estimate of drug-likeness (QED) is 0.621. The molecular weight excluding hydrogens is 373 g/mol. The van der Waals surface area contributed by atoms with Gasteiger partial charge in [0.15, 0.2) is 0 Å². The summed E-state index contributed by atoms with van der Waals surface area (Å²) in [5.74, 6) is 0. The molecule has 0 aromatic heterocycles. The zero-order chi connectivity index (χ0) is 3.41. The van der Waals surface area contributed by atoms with Gasteiger partial charge in [0.05, 0.1) is 0 Å². The first-order valence-corrected chi connectivity index (χ1v) is 1.20. The van der Waals surface area contributed by atoms with Gasteiger partial charge in [-0.3, -0.25) is 0 Å². The molecule has 0 rings (SSSR count). The fraction of sp³-hybridized carbons (Fsp3) is 0.714. The molecule has 0 saturated heterocycles. The van der Waals surface area contributed by atoms with E-state index in [1.807, 2.05) is 0 Å². The summed E-state index contributed by atoms with van der Waals surface area (Å²) in [4.78, 5) is 0. The van der Waals surface area contributed by atoms with Crippen LogP contribution in [0.5, 0.6) is 0 Å². The average Bonchev–Trinajstić information content (AvgIpc) is 1.37. The second-order valence-electron chi connectivity index (χ2n) is 0.493. The van der Waals surface area contributed by atoms with Crippen molar-refractivity contribution in [1.29, 1.82) is 0 Å². The Balaban J connectivity index is -0.00000000300. The van der Waals surface area contributed by atoms with Crippen LogP contribution in [0.1, 0.15) is 22.3 Å². The third kappa shape index (κ3) is 98.6. The largest absolute Gasteiger partial charge is 0.417 e. The Morgan fingerprint density at radius 3 is 1.30 bits per heavy atom. The molecule has 0 fully saturated rings. The van der Waals surface area contributed by atoms with E-state index >= 15 is 0 Å². The maximum atomic E-state index is 4.43. The number of rotatable bonds is 1. The van der Waals surface area contributed by atoms with Crippen molar-refractivity contribution in [1.82, 2.24) is 0 Å². The summed E-state index contributed by atoms with van der Waals surface area (Å²) in [6, 6.07) is 0. The van der Waals surface area contributed by atoms with Crippen LogP contribution in [0.2, 0.25) is 0 Å².